The van der Waals surface area contributed by atoms with Crippen LogP contribution in [0, 0.1) is 6.92 Å². The second kappa shape index (κ2) is 9.11. The summed E-state index contributed by atoms with van der Waals surface area (Å²) in [7, 11) is 1.72. The van der Waals surface area contributed by atoms with Crippen LogP contribution in [0.5, 0.6) is 0 Å². The lowest BCUT2D eigenvalue weighted by Crippen LogP contribution is -2.33. The van der Waals surface area contributed by atoms with E-state index in [0.29, 0.717) is 22.8 Å². The lowest BCUT2D eigenvalue weighted by atomic mass is 10.1. The summed E-state index contributed by atoms with van der Waals surface area (Å²) in [6.07, 6.45) is 4.46. The van der Waals surface area contributed by atoms with E-state index in [1.54, 1.807) is 24.1 Å². The van der Waals surface area contributed by atoms with E-state index in [1.165, 1.54) is 12.8 Å². The number of carbonyl (C=O) groups excluding carboxylic acids is 2. The highest BCUT2D eigenvalue weighted by Crippen LogP contribution is 2.21. The van der Waals surface area contributed by atoms with Crippen molar-refractivity contribution in [1.82, 2.24) is 10.2 Å². The van der Waals surface area contributed by atoms with E-state index in [1.807, 2.05) is 37.3 Å². The summed E-state index contributed by atoms with van der Waals surface area (Å²) in [5.74, 6) is -0.0521. The molecule has 6 heteroatoms. The predicted octanol–water partition coefficient (Wildman–Crippen LogP) is 4.98. The van der Waals surface area contributed by atoms with Crippen molar-refractivity contribution in [3.63, 3.8) is 0 Å². The molecular formula is C22H26ClN3O2. The van der Waals surface area contributed by atoms with E-state index in [0.717, 1.165) is 24.0 Å². The van der Waals surface area contributed by atoms with Crippen LogP contribution in [0.4, 0.5) is 10.5 Å². The van der Waals surface area contributed by atoms with Gasteiger partial charge in [-0.15, -0.1) is 0 Å². The summed E-state index contributed by atoms with van der Waals surface area (Å²) in [5, 5.41) is 6.62. The predicted molar refractivity (Wildman–Crippen MR) is 113 cm³/mol. The Kier molecular flexibility index (Phi) is 6.57. The molecule has 0 aromatic heterocycles. The third-order valence-corrected chi connectivity index (χ3v) is 5.50. The fourth-order valence-corrected chi connectivity index (χ4v) is 3.64. The SMILES string of the molecule is Cc1cc(C(=O)NC2CCCC2)ccc1NC(=O)N(C)Cc1ccccc1Cl. The Labute approximate surface area is 171 Å². The van der Waals surface area contributed by atoms with Gasteiger partial charge < -0.3 is 15.5 Å². The van der Waals surface area contributed by atoms with Gasteiger partial charge in [0.25, 0.3) is 5.91 Å². The fourth-order valence-electron chi connectivity index (χ4n) is 3.45. The molecule has 0 radical (unpaired) electrons. The summed E-state index contributed by atoms with van der Waals surface area (Å²) >= 11 is 6.17. The van der Waals surface area contributed by atoms with Crippen molar-refractivity contribution in [3.05, 3.63) is 64.2 Å². The van der Waals surface area contributed by atoms with Crippen LogP contribution in [0.15, 0.2) is 42.5 Å². The number of hydrogen-bond acceptors (Lipinski definition) is 2. The van der Waals surface area contributed by atoms with Crippen LogP contribution >= 0.6 is 11.6 Å². The minimum Gasteiger partial charge on any atom is -0.349 e. The lowest BCUT2D eigenvalue weighted by molar-refractivity contribution is 0.0938. The first kappa shape index (κ1) is 20.2. The molecule has 2 aromatic rings. The molecule has 1 aliphatic carbocycles. The first-order valence-corrected chi connectivity index (χ1v) is 9.99. The molecule has 0 saturated heterocycles. The highest BCUT2D eigenvalue weighted by Gasteiger charge is 2.19. The van der Waals surface area contributed by atoms with Crippen molar-refractivity contribution in [1.29, 1.82) is 0 Å². The summed E-state index contributed by atoms with van der Waals surface area (Å²) in [4.78, 5) is 26.5. The molecule has 1 aliphatic rings. The molecule has 0 unspecified atom stereocenters. The third-order valence-electron chi connectivity index (χ3n) is 5.13. The lowest BCUT2D eigenvalue weighted by Gasteiger charge is -2.20. The van der Waals surface area contributed by atoms with Gasteiger partial charge in [0.05, 0.1) is 0 Å². The van der Waals surface area contributed by atoms with Crippen LogP contribution < -0.4 is 10.6 Å². The Hall–Kier alpha value is -2.53. The number of amides is 3. The molecule has 0 spiro atoms. The maximum atomic E-state index is 12.5. The Balaban J connectivity index is 1.61. The topological polar surface area (TPSA) is 61.4 Å². The van der Waals surface area contributed by atoms with Crippen LogP contribution in [0.3, 0.4) is 0 Å². The van der Waals surface area contributed by atoms with Gasteiger partial charge in [-0.05, 0) is 55.2 Å². The summed E-state index contributed by atoms with van der Waals surface area (Å²) in [6, 6.07) is 12.9. The maximum Gasteiger partial charge on any atom is 0.321 e. The molecule has 3 amide bonds. The summed E-state index contributed by atoms with van der Waals surface area (Å²) in [5.41, 5.74) is 3.04. The van der Waals surface area contributed by atoms with E-state index >= 15 is 0 Å². The monoisotopic (exact) mass is 399 g/mol. The standard InChI is InChI=1S/C22H26ClN3O2/c1-15-13-16(21(27)24-18-8-4-5-9-18)11-12-20(15)25-22(28)26(2)14-17-7-3-6-10-19(17)23/h3,6-7,10-13,18H,4-5,8-9,14H2,1-2H3,(H,24,27)(H,25,28). The van der Waals surface area contributed by atoms with Gasteiger partial charge in [0.1, 0.15) is 0 Å². The molecule has 0 atom stereocenters. The van der Waals surface area contributed by atoms with Gasteiger partial charge in [-0.25, -0.2) is 4.79 Å². The number of rotatable bonds is 5. The zero-order valence-corrected chi connectivity index (χ0v) is 17.1. The van der Waals surface area contributed by atoms with Gasteiger partial charge in [-0.2, -0.15) is 0 Å². The van der Waals surface area contributed by atoms with Crippen molar-refractivity contribution in [2.45, 2.75) is 45.2 Å². The number of nitrogens with one attached hydrogen (secondary N) is 2. The average Bonchev–Trinajstić information content (AvgIpc) is 3.18. The zero-order chi connectivity index (χ0) is 20.1. The van der Waals surface area contributed by atoms with E-state index < -0.39 is 0 Å². The molecule has 148 valence electrons. The smallest absolute Gasteiger partial charge is 0.321 e. The zero-order valence-electron chi connectivity index (χ0n) is 16.3. The highest BCUT2D eigenvalue weighted by atomic mass is 35.5. The molecule has 2 N–H and O–H groups in total. The van der Waals surface area contributed by atoms with Gasteiger partial charge in [0.15, 0.2) is 0 Å². The number of benzene rings is 2. The summed E-state index contributed by atoms with van der Waals surface area (Å²) < 4.78 is 0. The maximum absolute atomic E-state index is 12.5. The largest absolute Gasteiger partial charge is 0.349 e. The molecule has 5 nitrogen and oxygen atoms in total. The highest BCUT2D eigenvalue weighted by molar-refractivity contribution is 6.31. The molecule has 0 aliphatic heterocycles. The van der Waals surface area contributed by atoms with Crippen LogP contribution in [-0.4, -0.2) is 29.9 Å². The minimum atomic E-state index is -0.230. The van der Waals surface area contributed by atoms with Crippen LogP contribution in [0.1, 0.15) is 47.2 Å². The van der Waals surface area contributed by atoms with Crippen molar-refractivity contribution in [2.75, 3.05) is 12.4 Å². The van der Waals surface area contributed by atoms with Crippen LogP contribution in [0.2, 0.25) is 5.02 Å². The normalized spacial score (nSPS) is 14.0. The van der Waals surface area contributed by atoms with E-state index in [2.05, 4.69) is 10.6 Å². The van der Waals surface area contributed by atoms with Crippen molar-refractivity contribution < 1.29 is 9.59 Å². The molecule has 0 heterocycles. The first-order chi connectivity index (χ1) is 13.4. The fraction of sp³-hybridized carbons (Fsp3) is 0.364. The second-order valence-electron chi connectivity index (χ2n) is 7.36. The number of urea groups is 1. The van der Waals surface area contributed by atoms with Gasteiger partial charge in [0.2, 0.25) is 0 Å². The molecule has 1 saturated carbocycles. The average molecular weight is 400 g/mol. The van der Waals surface area contributed by atoms with Crippen molar-refractivity contribution in [3.8, 4) is 0 Å². The molecular weight excluding hydrogens is 374 g/mol. The van der Waals surface area contributed by atoms with Gasteiger partial charge >= 0.3 is 6.03 Å². The number of hydrogen-bond donors (Lipinski definition) is 2. The second-order valence-corrected chi connectivity index (χ2v) is 7.77. The Morgan fingerprint density at radius 1 is 1.14 bits per heavy atom. The van der Waals surface area contributed by atoms with Gasteiger partial charge in [0, 0.05) is 35.9 Å². The molecule has 28 heavy (non-hydrogen) atoms. The van der Waals surface area contributed by atoms with Crippen molar-refractivity contribution in [2.24, 2.45) is 0 Å². The number of halogens is 1. The molecule has 3 rings (SSSR count). The molecule has 0 bridgehead atoms. The minimum absolute atomic E-state index is 0.0521. The number of nitrogens with zero attached hydrogens (tertiary/aromatic N) is 1. The van der Waals surface area contributed by atoms with E-state index in [9.17, 15) is 9.59 Å². The van der Waals surface area contributed by atoms with Crippen LogP contribution in [0.25, 0.3) is 0 Å². The molecule has 2 aromatic carbocycles. The summed E-state index contributed by atoms with van der Waals surface area (Å²) in [6.45, 7) is 2.29. The third kappa shape index (κ3) is 5.04. The Morgan fingerprint density at radius 3 is 2.54 bits per heavy atom. The molecule has 1 fully saturated rings. The van der Waals surface area contributed by atoms with E-state index in [-0.39, 0.29) is 18.0 Å². The number of aryl methyl sites for hydroxylation is 1. The first-order valence-electron chi connectivity index (χ1n) is 9.61. The van der Waals surface area contributed by atoms with Crippen molar-refractivity contribution >= 4 is 29.2 Å². The number of carbonyl (C=O) groups is 2. The van der Waals surface area contributed by atoms with E-state index in [4.69, 9.17) is 11.6 Å². The van der Waals surface area contributed by atoms with Gasteiger partial charge in [-0.1, -0.05) is 42.6 Å². The number of anilines is 1. The van der Waals surface area contributed by atoms with Crippen LogP contribution in [-0.2, 0) is 6.54 Å². The van der Waals surface area contributed by atoms with Gasteiger partial charge in [-0.3, -0.25) is 4.79 Å². The Bertz CT molecular complexity index is 863. The Morgan fingerprint density at radius 2 is 1.86 bits per heavy atom. The quantitative estimate of drug-likeness (QED) is 0.744.